The molecule has 1 aromatic heterocycles. The highest BCUT2D eigenvalue weighted by Gasteiger charge is 2.08. The fourth-order valence-corrected chi connectivity index (χ4v) is 1.86. The van der Waals surface area contributed by atoms with Crippen molar-refractivity contribution in [2.45, 2.75) is 19.4 Å². The molecular formula is C10H15N3O4S. The molecule has 2 amide bonds. The monoisotopic (exact) mass is 273 g/mol. The molecule has 1 heterocycles. The number of aliphatic carboxylic acids is 1. The Kier molecular flexibility index (Phi) is 5.37. The molecule has 0 radical (unpaired) electrons. The molecule has 8 heteroatoms. The Bertz CT molecular complexity index is 468. The lowest BCUT2D eigenvalue weighted by Gasteiger charge is -2.17. The van der Waals surface area contributed by atoms with Gasteiger partial charge in [0.25, 0.3) is 0 Å². The summed E-state index contributed by atoms with van der Waals surface area (Å²) in [4.78, 5) is 36.6. The molecule has 0 aromatic carbocycles. The summed E-state index contributed by atoms with van der Waals surface area (Å²) < 4.78 is 0. The van der Waals surface area contributed by atoms with E-state index in [4.69, 9.17) is 5.11 Å². The van der Waals surface area contributed by atoms with Crippen LogP contribution in [-0.2, 0) is 11.3 Å². The predicted molar refractivity (Wildman–Crippen MR) is 66.7 cm³/mol. The molecule has 0 spiro atoms. The summed E-state index contributed by atoms with van der Waals surface area (Å²) in [6.07, 6.45) is 0.448. The zero-order chi connectivity index (χ0) is 13.5. The first-order valence-corrected chi connectivity index (χ1v) is 6.24. The first-order chi connectivity index (χ1) is 8.49. The van der Waals surface area contributed by atoms with Gasteiger partial charge in [-0.05, 0) is 6.42 Å². The lowest BCUT2D eigenvalue weighted by Crippen LogP contribution is -2.37. The number of hydrogen-bond donors (Lipinski definition) is 3. The molecule has 0 saturated heterocycles. The van der Waals surface area contributed by atoms with Gasteiger partial charge in [-0.3, -0.25) is 9.59 Å². The van der Waals surface area contributed by atoms with Gasteiger partial charge in [-0.25, -0.2) is 4.79 Å². The van der Waals surface area contributed by atoms with E-state index in [1.165, 1.54) is 4.90 Å². The lowest BCUT2D eigenvalue weighted by molar-refractivity contribution is -0.137. The van der Waals surface area contributed by atoms with Crippen molar-refractivity contribution in [3.05, 3.63) is 20.7 Å². The highest BCUT2D eigenvalue weighted by atomic mass is 32.1. The summed E-state index contributed by atoms with van der Waals surface area (Å²) in [7, 11) is 1.59. The van der Waals surface area contributed by atoms with Crippen LogP contribution in [0.3, 0.4) is 0 Å². The van der Waals surface area contributed by atoms with Crippen molar-refractivity contribution in [3.8, 4) is 0 Å². The minimum absolute atomic E-state index is 0.0372. The molecule has 18 heavy (non-hydrogen) atoms. The first-order valence-electron chi connectivity index (χ1n) is 5.36. The third kappa shape index (κ3) is 5.00. The highest BCUT2D eigenvalue weighted by molar-refractivity contribution is 7.07. The molecule has 0 fully saturated rings. The van der Waals surface area contributed by atoms with E-state index in [-0.39, 0.29) is 23.9 Å². The van der Waals surface area contributed by atoms with Gasteiger partial charge >= 0.3 is 16.9 Å². The first kappa shape index (κ1) is 14.2. The van der Waals surface area contributed by atoms with Crippen molar-refractivity contribution < 1.29 is 14.7 Å². The minimum atomic E-state index is -0.875. The number of rotatable bonds is 6. The number of amides is 2. The fourth-order valence-electron chi connectivity index (χ4n) is 1.28. The molecule has 7 nitrogen and oxygen atoms in total. The number of hydrogen-bond acceptors (Lipinski definition) is 4. The second kappa shape index (κ2) is 6.80. The van der Waals surface area contributed by atoms with Crippen LogP contribution < -0.4 is 10.2 Å². The van der Waals surface area contributed by atoms with E-state index >= 15 is 0 Å². The van der Waals surface area contributed by atoms with E-state index in [1.807, 2.05) is 0 Å². The van der Waals surface area contributed by atoms with Crippen LogP contribution in [0.5, 0.6) is 0 Å². The highest BCUT2D eigenvalue weighted by Crippen LogP contribution is 1.97. The van der Waals surface area contributed by atoms with Gasteiger partial charge in [-0.15, -0.1) is 0 Å². The molecular weight excluding hydrogens is 258 g/mol. The number of carboxylic acid groups (broad SMARTS) is 1. The number of urea groups is 1. The second-order valence-corrected chi connectivity index (χ2v) is 4.59. The number of aromatic nitrogens is 1. The van der Waals surface area contributed by atoms with E-state index in [2.05, 4.69) is 10.3 Å². The van der Waals surface area contributed by atoms with Crippen LogP contribution >= 0.6 is 11.3 Å². The number of H-pyrrole nitrogens is 1. The summed E-state index contributed by atoms with van der Waals surface area (Å²) in [5.41, 5.74) is 0.650. The van der Waals surface area contributed by atoms with Crippen LogP contribution in [0.4, 0.5) is 4.79 Å². The van der Waals surface area contributed by atoms with Crippen LogP contribution in [0, 0.1) is 0 Å². The Hall–Kier alpha value is -1.83. The Morgan fingerprint density at radius 2 is 2.28 bits per heavy atom. The van der Waals surface area contributed by atoms with Crippen molar-refractivity contribution in [1.29, 1.82) is 0 Å². The Morgan fingerprint density at radius 3 is 2.83 bits per heavy atom. The number of carbonyl (C=O) groups excluding carboxylic acids is 1. The predicted octanol–water partition coefficient (Wildman–Crippen LogP) is 0.443. The quantitative estimate of drug-likeness (QED) is 0.700. The van der Waals surface area contributed by atoms with Crippen molar-refractivity contribution in [1.82, 2.24) is 15.2 Å². The van der Waals surface area contributed by atoms with Crippen molar-refractivity contribution >= 4 is 23.3 Å². The Labute approximate surface area is 107 Å². The summed E-state index contributed by atoms with van der Waals surface area (Å²) in [5.74, 6) is -0.875. The van der Waals surface area contributed by atoms with Crippen molar-refractivity contribution in [2.24, 2.45) is 0 Å². The zero-order valence-corrected chi connectivity index (χ0v) is 10.7. The molecule has 0 aliphatic heterocycles. The van der Waals surface area contributed by atoms with Gasteiger partial charge in [-0.1, -0.05) is 11.3 Å². The molecule has 0 saturated carbocycles. The van der Waals surface area contributed by atoms with E-state index in [0.717, 1.165) is 11.3 Å². The van der Waals surface area contributed by atoms with Gasteiger partial charge in [-0.2, -0.15) is 0 Å². The standard InChI is InChI=1S/C10H15N3O4S/c1-13(4-2-3-8(14)15)9(16)11-5-7-6-18-10(17)12-7/h6H,2-5H2,1H3,(H,11,16)(H,12,17)(H,14,15). The van der Waals surface area contributed by atoms with Gasteiger partial charge in [0, 0.05) is 31.1 Å². The number of thiazole rings is 1. The van der Waals surface area contributed by atoms with Crippen molar-refractivity contribution in [2.75, 3.05) is 13.6 Å². The lowest BCUT2D eigenvalue weighted by atomic mass is 10.3. The summed E-state index contributed by atoms with van der Waals surface area (Å²) in [6, 6.07) is -0.299. The smallest absolute Gasteiger partial charge is 0.317 e. The third-order valence-electron chi connectivity index (χ3n) is 2.23. The fraction of sp³-hybridized carbons (Fsp3) is 0.500. The maximum Gasteiger partial charge on any atom is 0.317 e. The summed E-state index contributed by atoms with van der Waals surface area (Å²) >= 11 is 1.04. The number of nitrogens with zero attached hydrogens (tertiary/aromatic N) is 1. The zero-order valence-electron chi connectivity index (χ0n) is 9.93. The average Bonchev–Trinajstić information content (AvgIpc) is 2.71. The summed E-state index contributed by atoms with van der Waals surface area (Å²) in [6.45, 7) is 0.624. The molecule has 100 valence electrons. The Balaban J connectivity index is 2.27. The van der Waals surface area contributed by atoms with Crippen LogP contribution in [0.25, 0.3) is 0 Å². The van der Waals surface area contributed by atoms with Gasteiger partial charge in [0.1, 0.15) is 0 Å². The van der Waals surface area contributed by atoms with Crippen molar-refractivity contribution in [3.63, 3.8) is 0 Å². The maximum absolute atomic E-state index is 11.6. The van der Waals surface area contributed by atoms with Gasteiger partial charge < -0.3 is 20.3 Å². The minimum Gasteiger partial charge on any atom is -0.481 e. The molecule has 0 atom stereocenters. The molecule has 1 rings (SSSR count). The topological polar surface area (TPSA) is 102 Å². The number of carboxylic acids is 1. The van der Waals surface area contributed by atoms with E-state index in [1.54, 1.807) is 12.4 Å². The second-order valence-electron chi connectivity index (χ2n) is 3.75. The Morgan fingerprint density at radius 1 is 1.56 bits per heavy atom. The summed E-state index contributed by atoms with van der Waals surface area (Å²) in [5, 5.41) is 12.7. The van der Waals surface area contributed by atoms with E-state index in [0.29, 0.717) is 18.7 Å². The van der Waals surface area contributed by atoms with Crippen LogP contribution in [0.2, 0.25) is 0 Å². The number of carbonyl (C=O) groups is 2. The maximum atomic E-state index is 11.6. The van der Waals surface area contributed by atoms with Crippen LogP contribution in [0.15, 0.2) is 10.2 Å². The molecule has 1 aromatic rings. The molecule has 0 aliphatic rings. The van der Waals surface area contributed by atoms with E-state index < -0.39 is 5.97 Å². The molecule has 0 aliphatic carbocycles. The molecule has 3 N–H and O–H groups in total. The SMILES string of the molecule is CN(CCCC(=O)O)C(=O)NCc1csc(=O)[nH]1. The normalized spacial score (nSPS) is 10.1. The number of aromatic amines is 1. The van der Waals surface area contributed by atoms with Gasteiger partial charge in [0.2, 0.25) is 0 Å². The largest absolute Gasteiger partial charge is 0.481 e. The van der Waals surface area contributed by atoms with Crippen LogP contribution in [-0.4, -0.2) is 40.6 Å². The third-order valence-corrected chi connectivity index (χ3v) is 2.95. The van der Waals surface area contributed by atoms with E-state index in [9.17, 15) is 14.4 Å². The molecule has 0 unspecified atom stereocenters. The molecule has 0 bridgehead atoms. The van der Waals surface area contributed by atoms with Gasteiger partial charge in [0.15, 0.2) is 0 Å². The van der Waals surface area contributed by atoms with Crippen LogP contribution in [0.1, 0.15) is 18.5 Å². The van der Waals surface area contributed by atoms with Gasteiger partial charge in [0.05, 0.1) is 6.54 Å². The average molecular weight is 273 g/mol. The number of nitrogens with one attached hydrogen (secondary N) is 2.